The van der Waals surface area contributed by atoms with Crippen molar-refractivity contribution >= 4 is 23.7 Å². The van der Waals surface area contributed by atoms with E-state index in [9.17, 15) is 4.79 Å². The number of rotatable bonds is 8. The SMILES string of the molecule is COc1ccc(C(=O)N/N=C\c2ccccc2OCc2ccc(Cl)cc2)cc1OC. The first-order valence-electron chi connectivity index (χ1n) is 9.12. The first kappa shape index (κ1) is 21.2. The van der Waals surface area contributed by atoms with Crippen LogP contribution in [0.25, 0.3) is 0 Å². The van der Waals surface area contributed by atoms with Crippen LogP contribution in [0, 0.1) is 0 Å². The van der Waals surface area contributed by atoms with Crippen molar-refractivity contribution in [2.24, 2.45) is 5.10 Å². The number of hydrazone groups is 1. The highest BCUT2D eigenvalue weighted by atomic mass is 35.5. The van der Waals surface area contributed by atoms with Gasteiger partial charge in [0.15, 0.2) is 11.5 Å². The molecule has 0 aliphatic rings. The van der Waals surface area contributed by atoms with Crippen LogP contribution in [0.1, 0.15) is 21.5 Å². The van der Waals surface area contributed by atoms with E-state index in [1.54, 1.807) is 18.2 Å². The number of hydrogen-bond donors (Lipinski definition) is 1. The van der Waals surface area contributed by atoms with Gasteiger partial charge < -0.3 is 14.2 Å². The van der Waals surface area contributed by atoms with Crippen LogP contribution >= 0.6 is 11.6 Å². The van der Waals surface area contributed by atoms with Gasteiger partial charge >= 0.3 is 0 Å². The number of nitrogens with one attached hydrogen (secondary N) is 1. The van der Waals surface area contributed by atoms with E-state index in [1.807, 2.05) is 48.5 Å². The first-order chi connectivity index (χ1) is 14.6. The van der Waals surface area contributed by atoms with Crippen LogP contribution < -0.4 is 19.6 Å². The smallest absolute Gasteiger partial charge is 0.271 e. The van der Waals surface area contributed by atoms with E-state index in [-0.39, 0.29) is 5.91 Å². The van der Waals surface area contributed by atoms with Crippen LogP contribution in [-0.4, -0.2) is 26.3 Å². The fraction of sp³-hybridized carbons (Fsp3) is 0.130. The Kier molecular flexibility index (Phi) is 7.29. The Morgan fingerprint density at radius 2 is 1.70 bits per heavy atom. The van der Waals surface area contributed by atoms with Crippen molar-refractivity contribution in [3.8, 4) is 17.2 Å². The average molecular weight is 425 g/mol. The quantitative estimate of drug-likeness (QED) is 0.420. The number of amides is 1. The van der Waals surface area contributed by atoms with Crippen molar-refractivity contribution in [1.82, 2.24) is 5.43 Å². The minimum atomic E-state index is -0.369. The zero-order valence-electron chi connectivity index (χ0n) is 16.6. The molecule has 0 fully saturated rings. The summed E-state index contributed by atoms with van der Waals surface area (Å²) in [4.78, 5) is 12.4. The van der Waals surface area contributed by atoms with Crippen molar-refractivity contribution in [3.63, 3.8) is 0 Å². The Bertz CT molecular complexity index is 1040. The second-order valence-electron chi connectivity index (χ2n) is 6.22. The predicted octanol–water partition coefficient (Wildman–Crippen LogP) is 4.70. The van der Waals surface area contributed by atoms with Gasteiger partial charge in [0.1, 0.15) is 12.4 Å². The third-order valence-electron chi connectivity index (χ3n) is 4.24. The monoisotopic (exact) mass is 424 g/mol. The van der Waals surface area contributed by atoms with E-state index in [2.05, 4.69) is 10.5 Å². The van der Waals surface area contributed by atoms with E-state index in [1.165, 1.54) is 20.4 Å². The molecule has 0 bridgehead atoms. The molecule has 3 rings (SSSR count). The molecule has 7 heteroatoms. The minimum absolute atomic E-state index is 0.369. The fourth-order valence-electron chi connectivity index (χ4n) is 2.66. The fourth-order valence-corrected chi connectivity index (χ4v) is 2.79. The maximum atomic E-state index is 12.4. The molecule has 0 aliphatic heterocycles. The second kappa shape index (κ2) is 10.3. The number of ether oxygens (including phenoxy) is 3. The normalized spacial score (nSPS) is 10.6. The molecule has 6 nitrogen and oxygen atoms in total. The van der Waals surface area contributed by atoms with Gasteiger partial charge in [-0.3, -0.25) is 4.79 Å². The number of carbonyl (C=O) groups is 1. The number of methoxy groups -OCH3 is 2. The number of para-hydroxylation sites is 1. The Labute approximate surface area is 180 Å². The first-order valence-corrected chi connectivity index (χ1v) is 9.50. The van der Waals surface area contributed by atoms with Crippen molar-refractivity contribution in [3.05, 3.63) is 88.4 Å². The van der Waals surface area contributed by atoms with Gasteiger partial charge in [0.05, 0.1) is 20.4 Å². The summed E-state index contributed by atoms with van der Waals surface area (Å²) >= 11 is 5.91. The summed E-state index contributed by atoms with van der Waals surface area (Å²) in [7, 11) is 3.05. The van der Waals surface area contributed by atoms with Crippen molar-refractivity contribution in [2.75, 3.05) is 14.2 Å². The lowest BCUT2D eigenvalue weighted by Gasteiger charge is -2.09. The van der Waals surface area contributed by atoms with E-state index in [4.69, 9.17) is 25.8 Å². The Morgan fingerprint density at radius 3 is 2.43 bits per heavy atom. The Morgan fingerprint density at radius 1 is 0.967 bits per heavy atom. The van der Waals surface area contributed by atoms with Gasteiger partial charge in [-0.25, -0.2) is 5.43 Å². The van der Waals surface area contributed by atoms with E-state index >= 15 is 0 Å². The molecule has 0 unspecified atom stereocenters. The van der Waals surface area contributed by atoms with Gasteiger partial charge in [0.2, 0.25) is 0 Å². The molecule has 3 aromatic carbocycles. The highest BCUT2D eigenvalue weighted by Crippen LogP contribution is 2.27. The highest BCUT2D eigenvalue weighted by Gasteiger charge is 2.10. The Balaban J connectivity index is 1.65. The third kappa shape index (κ3) is 5.52. The second-order valence-corrected chi connectivity index (χ2v) is 6.66. The minimum Gasteiger partial charge on any atom is -0.493 e. The molecular formula is C23H21ClN2O4. The molecule has 0 heterocycles. The van der Waals surface area contributed by atoms with Crippen LogP contribution in [0.2, 0.25) is 5.02 Å². The molecule has 0 radical (unpaired) electrons. The highest BCUT2D eigenvalue weighted by molar-refractivity contribution is 6.30. The number of carbonyl (C=O) groups excluding carboxylic acids is 1. The molecule has 0 saturated carbocycles. The summed E-state index contributed by atoms with van der Waals surface area (Å²) < 4.78 is 16.3. The van der Waals surface area contributed by atoms with Crippen molar-refractivity contribution in [1.29, 1.82) is 0 Å². The number of benzene rings is 3. The lowest BCUT2D eigenvalue weighted by molar-refractivity contribution is 0.0954. The lowest BCUT2D eigenvalue weighted by atomic mass is 10.2. The zero-order valence-corrected chi connectivity index (χ0v) is 17.3. The average Bonchev–Trinajstić information content (AvgIpc) is 2.78. The van der Waals surface area contributed by atoms with Gasteiger partial charge in [-0.1, -0.05) is 35.9 Å². The number of halogens is 1. The summed E-state index contributed by atoms with van der Waals surface area (Å²) in [5, 5.41) is 4.73. The number of nitrogens with zero attached hydrogens (tertiary/aromatic N) is 1. The standard InChI is InChI=1S/C23H21ClN2O4/c1-28-21-12-9-17(13-22(21)29-2)23(27)26-25-14-18-5-3-4-6-20(18)30-15-16-7-10-19(24)11-8-16/h3-14H,15H2,1-2H3,(H,26,27)/b25-14-. The molecule has 0 atom stereocenters. The maximum absolute atomic E-state index is 12.4. The molecular weight excluding hydrogens is 404 g/mol. The van der Waals surface area contributed by atoms with Gasteiger partial charge in [0.25, 0.3) is 5.91 Å². The molecule has 30 heavy (non-hydrogen) atoms. The summed E-state index contributed by atoms with van der Waals surface area (Å²) in [5.74, 6) is 1.29. The number of hydrogen-bond acceptors (Lipinski definition) is 5. The maximum Gasteiger partial charge on any atom is 0.271 e. The summed E-state index contributed by atoms with van der Waals surface area (Å²) in [6.07, 6.45) is 1.54. The summed E-state index contributed by atoms with van der Waals surface area (Å²) in [6.45, 7) is 0.389. The van der Waals surface area contributed by atoms with Gasteiger partial charge in [-0.2, -0.15) is 5.10 Å². The summed E-state index contributed by atoms with van der Waals surface area (Å²) in [6, 6.07) is 19.8. The lowest BCUT2D eigenvalue weighted by Crippen LogP contribution is -2.17. The van der Waals surface area contributed by atoms with Crippen molar-refractivity contribution < 1.29 is 19.0 Å². The van der Waals surface area contributed by atoms with E-state index in [0.29, 0.717) is 34.4 Å². The topological polar surface area (TPSA) is 69.2 Å². The molecule has 0 saturated heterocycles. The van der Waals surface area contributed by atoms with Crippen LogP contribution in [0.4, 0.5) is 0 Å². The summed E-state index contributed by atoms with van der Waals surface area (Å²) in [5.41, 5.74) is 4.64. The molecule has 0 spiro atoms. The molecule has 0 aromatic heterocycles. The molecule has 154 valence electrons. The predicted molar refractivity (Wildman–Crippen MR) is 117 cm³/mol. The molecule has 1 N–H and O–H groups in total. The van der Waals surface area contributed by atoms with Gasteiger partial charge in [-0.15, -0.1) is 0 Å². The van der Waals surface area contributed by atoms with Crippen molar-refractivity contribution in [2.45, 2.75) is 6.61 Å². The molecule has 1 amide bonds. The zero-order chi connectivity index (χ0) is 21.3. The Hall–Kier alpha value is -3.51. The largest absolute Gasteiger partial charge is 0.493 e. The third-order valence-corrected chi connectivity index (χ3v) is 4.49. The van der Waals surface area contributed by atoms with Gasteiger partial charge in [-0.05, 0) is 48.0 Å². The van der Waals surface area contributed by atoms with Gasteiger partial charge in [0, 0.05) is 16.1 Å². The van der Waals surface area contributed by atoms with Crippen LogP contribution in [0.5, 0.6) is 17.2 Å². The van der Waals surface area contributed by atoms with Crippen LogP contribution in [0.15, 0.2) is 71.8 Å². The van der Waals surface area contributed by atoms with Crippen LogP contribution in [-0.2, 0) is 6.61 Å². The van der Waals surface area contributed by atoms with E-state index < -0.39 is 0 Å². The van der Waals surface area contributed by atoms with Crippen LogP contribution in [0.3, 0.4) is 0 Å². The van der Waals surface area contributed by atoms with E-state index in [0.717, 1.165) is 11.1 Å². The molecule has 0 aliphatic carbocycles. The molecule has 3 aromatic rings.